The molecule has 26 heavy (non-hydrogen) atoms. The second-order valence-electron chi connectivity index (χ2n) is 6.64. The minimum Gasteiger partial charge on any atom is -0.390 e. The number of esters is 4. The third-order valence-corrected chi connectivity index (χ3v) is 3.64. The van der Waals surface area contributed by atoms with Gasteiger partial charge in [0.1, 0.15) is 11.1 Å². The number of aliphatic hydroxyl groups excluding tert-OH is 2. The Morgan fingerprint density at radius 1 is 0.808 bits per heavy atom. The van der Waals surface area contributed by atoms with Gasteiger partial charge in [0.05, 0.1) is 0 Å². The van der Waals surface area contributed by atoms with Gasteiger partial charge in [-0.15, -0.1) is 0 Å². The topological polar surface area (TPSA) is 179 Å². The minimum atomic E-state index is -2.44. The smallest absolute Gasteiger partial charge is 0.346 e. The molecule has 0 amide bonds. The maximum absolute atomic E-state index is 11.8. The summed E-state index contributed by atoms with van der Waals surface area (Å²) in [5.74, 6) is -5.44. The number of hydrogen-bond acceptors (Lipinski definition) is 10. The van der Waals surface area contributed by atoms with Crippen molar-refractivity contribution in [2.45, 2.75) is 76.7 Å². The fraction of sp³-hybridized carbons (Fsp3) is 0.750. The third-order valence-electron chi connectivity index (χ3n) is 3.64. The zero-order valence-corrected chi connectivity index (χ0v) is 15.5. The first-order valence-corrected chi connectivity index (χ1v) is 8.26. The molecule has 4 atom stereocenters. The normalized spacial score (nSPS) is 18.0. The van der Waals surface area contributed by atoms with Gasteiger partial charge in [0.25, 0.3) is 0 Å². The van der Waals surface area contributed by atoms with Crippen molar-refractivity contribution >= 4 is 23.9 Å². The van der Waals surface area contributed by atoms with E-state index in [1.165, 1.54) is 13.8 Å². The molecule has 150 valence electrons. The first-order chi connectivity index (χ1) is 11.8. The lowest BCUT2D eigenvalue weighted by Gasteiger charge is -2.23. The highest BCUT2D eigenvalue weighted by molar-refractivity contribution is 5.97. The lowest BCUT2D eigenvalue weighted by atomic mass is 9.98. The molecule has 0 aliphatic rings. The SMILES string of the molecule is CCC[C@](C)(N)C(=O)OC(=O)C(O)C(O)C(=O)OC(=O)[C@@](C)(N)CCC. The summed E-state index contributed by atoms with van der Waals surface area (Å²) in [6, 6.07) is 0. The van der Waals surface area contributed by atoms with Crippen LogP contribution in [0.25, 0.3) is 0 Å². The summed E-state index contributed by atoms with van der Waals surface area (Å²) in [7, 11) is 0. The van der Waals surface area contributed by atoms with Crippen molar-refractivity contribution in [1.82, 2.24) is 0 Å². The predicted molar refractivity (Wildman–Crippen MR) is 89.2 cm³/mol. The van der Waals surface area contributed by atoms with Crippen LogP contribution in [0.1, 0.15) is 53.4 Å². The Labute approximate surface area is 151 Å². The molecule has 0 fully saturated rings. The molecule has 6 N–H and O–H groups in total. The zero-order chi connectivity index (χ0) is 20.7. The van der Waals surface area contributed by atoms with Gasteiger partial charge in [-0.05, 0) is 26.7 Å². The van der Waals surface area contributed by atoms with E-state index in [1.807, 2.05) is 0 Å². The van der Waals surface area contributed by atoms with Crippen molar-refractivity contribution in [3.8, 4) is 0 Å². The molecule has 0 saturated carbocycles. The van der Waals surface area contributed by atoms with Crippen molar-refractivity contribution in [2.75, 3.05) is 0 Å². The monoisotopic (exact) mass is 376 g/mol. The number of carbonyl (C=O) groups excluding carboxylic acids is 4. The van der Waals surface area contributed by atoms with Crippen LogP contribution in [0.3, 0.4) is 0 Å². The van der Waals surface area contributed by atoms with E-state index in [4.69, 9.17) is 11.5 Å². The summed E-state index contributed by atoms with van der Waals surface area (Å²) < 4.78 is 8.76. The molecule has 0 aromatic heterocycles. The van der Waals surface area contributed by atoms with Crippen molar-refractivity contribution in [3.05, 3.63) is 0 Å². The molecule has 0 rings (SSSR count). The van der Waals surface area contributed by atoms with Crippen molar-refractivity contribution in [1.29, 1.82) is 0 Å². The molecule has 10 heteroatoms. The van der Waals surface area contributed by atoms with Gasteiger partial charge in [-0.2, -0.15) is 0 Å². The maximum Gasteiger partial charge on any atom is 0.346 e. The molecule has 0 aliphatic carbocycles. The molecule has 0 aromatic carbocycles. The van der Waals surface area contributed by atoms with Crippen LogP contribution in [0.4, 0.5) is 0 Å². The van der Waals surface area contributed by atoms with E-state index in [-0.39, 0.29) is 12.8 Å². The number of rotatable bonds is 9. The van der Waals surface area contributed by atoms with Crippen LogP contribution in [-0.4, -0.2) is 57.4 Å². The molecule has 0 aromatic rings. The summed E-state index contributed by atoms with van der Waals surface area (Å²) in [4.78, 5) is 47.0. The van der Waals surface area contributed by atoms with Crippen LogP contribution < -0.4 is 11.5 Å². The van der Waals surface area contributed by atoms with Gasteiger partial charge in [0, 0.05) is 0 Å². The summed E-state index contributed by atoms with van der Waals surface area (Å²) >= 11 is 0. The van der Waals surface area contributed by atoms with Crippen LogP contribution in [0, 0.1) is 0 Å². The van der Waals surface area contributed by atoms with Gasteiger partial charge in [-0.1, -0.05) is 26.7 Å². The largest absolute Gasteiger partial charge is 0.390 e. The molecular formula is C16H28N2O8. The van der Waals surface area contributed by atoms with Crippen LogP contribution >= 0.6 is 0 Å². The second kappa shape index (κ2) is 9.72. The quantitative estimate of drug-likeness (QED) is 0.284. The van der Waals surface area contributed by atoms with E-state index >= 15 is 0 Å². The first kappa shape index (κ1) is 24.1. The highest BCUT2D eigenvalue weighted by atomic mass is 16.6. The third kappa shape index (κ3) is 6.79. The van der Waals surface area contributed by atoms with Gasteiger partial charge in [0.15, 0.2) is 12.2 Å². The van der Waals surface area contributed by atoms with Gasteiger partial charge in [0.2, 0.25) is 0 Å². The Morgan fingerprint density at radius 2 is 1.08 bits per heavy atom. The Morgan fingerprint density at radius 3 is 1.31 bits per heavy atom. The molecule has 0 radical (unpaired) electrons. The van der Waals surface area contributed by atoms with Gasteiger partial charge in [-0.3, -0.25) is 0 Å². The van der Waals surface area contributed by atoms with E-state index < -0.39 is 47.2 Å². The van der Waals surface area contributed by atoms with E-state index in [9.17, 15) is 29.4 Å². The van der Waals surface area contributed by atoms with Gasteiger partial charge in [-0.25, -0.2) is 19.2 Å². The van der Waals surface area contributed by atoms with Crippen molar-refractivity contribution < 1.29 is 38.9 Å². The highest BCUT2D eigenvalue weighted by Crippen LogP contribution is 2.14. The van der Waals surface area contributed by atoms with Crippen LogP contribution in [-0.2, 0) is 28.7 Å². The zero-order valence-electron chi connectivity index (χ0n) is 15.5. The Bertz CT molecular complexity index is 496. The molecule has 10 nitrogen and oxygen atoms in total. The number of aliphatic hydroxyl groups is 2. The molecule has 0 saturated heterocycles. The standard InChI is InChI=1S/C16H28N2O8/c1-5-7-15(3,17)13(23)25-11(21)9(19)10(20)12(22)26-14(24)16(4,18)8-6-2/h9-10,19-20H,5-8,17-18H2,1-4H3/t9?,10?,15-,16-/m0/s1. The van der Waals surface area contributed by atoms with Crippen LogP contribution in [0.2, 0.25) is 0 Å². The van der Waals surface area contributed by atoms with E-state index in [0.717, 1.165) is 0 Å². The minimum absolute atomic E-state index is 0.209. The van der Waals surface area contributed by atoms with E-state index in [0.29, 0.717) is 12.8 Å². The number of hydrogen-bond donors (Lipinski definition) is 4. The molecule has 0 heterocycles. The summed E-state index contributed by atoms with van der Waals surface area (Å²) in [5, 5.41) is 19.3. The van der Waals surface area contributed by atoms with Crippen molar-refractivity contribution in [2.24, 2.45) is 11.5 Å². The fourth-order valence-electron chi connectivity index (χ4n) is 2.04. The summed E-state index contributed by atoms with van der Waals surface area (Å²) in [6.45, 7) is 6.18. The van der Waals surface area contributed by atoms with Gasteiger partial charge < -0.3 is 31.2 Å². The molecule has 0 aliphatic heterocycles. The Hall–Kier alpha value is -1.88. The average molecular weight is 376 g/mol. The lowest BCUT2D eigenvalue weighted by Crippen LogP contribution is -2.51. The molecule has 0 spiro atoms. The summed E-state index contributed by atoms with van der Waals surface area (Å²) in [5.41, 5.74) is 8.39. The van der Waals surface area contributed by atoms with Gasteiger partial charge >= 0.3 is 23.9 Å². The van der Waals surface area contributed by atoms with Crippen molar-refractivity contribution in [3.63, 3.8) is 0 Å². The lowest BCUT2D eigenvalue weighted by molar-refractivity contribution is -0.183. The number of carbonyl (C=O) groups is 4. The first-order valence-electron chi connectivity index (χ1n) is 8.26. The maximum atomic E-state index is 11.8. The molecular weight excluding hydrogens is 348 g/mol. The second-order valence-corrected chi connectivity index (χ2v) is 6.64. The number of nitrogens with two attached hydrogens (primary N) is 2. The average Bonchev–Trinajstić information content (AvgIpc) is 2.52. The summed E-state index contributed by atoms with van der Waals surface area (Å²) in [6.07, 6.45) is -3.39. The van der Waals surface area contributed by atoms with E-state index in [2.05, 4.69) is 9.47 Å². The number of ether oxygens (including phenoxy) is 2. The fourth-order valence-corrected chi connectivity index (χ4v) is 2.04. The molecule has 0 bridgehead atoms. The Balaban J connectivity index is 4.86. The predicted octanol–water partition coefficient (Wildman–Crippen LogP) is -1.12. The molecule has 2 unspecified atom stereocenters. The highest BCUT2D eigenvalue weighted by Gasteiger charge is 2.40. The van der Waals surface area contributed by atoms with Crippen LogP contribution in [0.5, 0.6) is 0 Å². The van der Waals surface area contributed by atoms with E-state index in [1.54, 1.807) is 13.8 Å². The van der Waals surface area contributed by atoms with Crippen LogP contribution in [0.15, 0.2) is 0 Å². The Kier molecular flexibility index (Phi) is 9.01.